The molecule has 0 spiro atoms. The molecule has 3 heteroatoms. The number of hydrogen-bond donors (Lipinski definition) is 0. The molecule has 0 N–H and O–H groups in total. The Bertz CT molecular complexity index is 325. The van der Waals surface area contributed by atoms with E-state index >= 15 is 0 Å². The Morgan fingerprint density at radius 3 is 2.72 bits per heavy atom. The normalized spacial score (nSPS) is 19.6. The molecule has 2 rings (SSSR count). The van der Waals surface area contributed by atoms with E-state index in [0.717, 1.165) is 31.6 Å². The summed E-state index contributed by atoms with van der Waals surface area (Å²) in [4.78, 5) is 2.51. The second-order valence-corrected chi connectivity index (χ2v) is 5.67. The number of benzene rings is 1. The van der Waals surface area contributed by atoms with E-state index in [1.54, 1.807) is 0 Å². The van der Waals surface area contributed by atoms with Crippen molar-refractivity contribution in [3.63, 3.8) is 0 Å². The van der Waals surface area contributed by atoms with Crippen LogP contribution in [-0.2, 0) is 11.3 Å². The maximum atomic E-state index is 5.69. The van der Waals surface area contributed by atoms with Crippen LogP contribution in [0.15, 0.2) is 30.3 Å². The summed E-state index contributed by atoms with van der Waals surface area (Å²) < 4.78 is 5.69. The molecule has 1 aromatic carbocycles. The minimum atomic E-state index is 0.499. The molecule has 100 valence electrons. The lowest BCUT2D eigenvalue weighted by atomic mass is 10.1. The zero-order chi connectivity index (χ0) is 12.6. The molecule has 0 aliphatic carbocycles. The van der Waals surface area contributed by atoms with Gasteiger partial charge in [0.1, 0.15) is 0 Å². The summed E-state index contributed by atoms with van der Waals surface area (Å²) in [5.41, 5.74) is 1.39. The first-order chi connectivity index (χ1) is 8.88. The first-order valence-electron chi connectivity index (χ1n) is 6.82. The fourth-order valence-electron chi connectivity index (χ4n) is 2.43. The van der Waals surface area contributed by atoms with E-state index in [1.165, 1.54) is 24.8 Å². The topological polar surface area (TPSA) is 12.5 Å². The predicted molar refractivity (Wildman–Crippen MR) is 79.1 cm³/mol. The number of ether oxygens (including phenoxy) is 1. The van der Waals surface area contributed by atoms with Gasteiger partial charge >= 0.3 is 0 Å². The highest BCUT2D eigenvalue weighted by Crippen LogP contribution is 2.16. The summed E-state index contributed by atoms with van der Waals surface area (Å²) in [5.74, 6) is 0. The molecule has 1 unspecified atom stereocenters. The van der Waals surface area contributed by atoms with Gasteiger partial charge in [0, 0.05) is 31.6 Å². The van der Waals surface area contributed by atoms with Crippen molar-refractivity contribution in [2.75, 3.05) is 25.0 Å². The van der Waals surface area contributed by atoms with Crippen LogP contribution in [0.2, 0.25) is 0 Å². The van der Waals surface area contributed by atoms with Crippen molar-refractivity contribution < 1.29 is 4.74 Å². The molecule has 1 aromatic rings. The summed E-state index contributed by atoms with van der Waals surface area (Å²) in [7, 11) is 0. The highest BCUT2D eigenvalue weighted by atomic mass is 79.9. The van der Waals surface area contributed by atoms with Crippen molar-refractivity contribution in [2.24, 2.45) is 0 Å². The van der Waals surface area contributed by atoms with E-state index in [0.29, 0.717) is 6.10 Å². The molecule has 0 radical (unpaired) electrons. The zero-order valence-corrected chi connectivity index (χ0v) is 12.4. The second kappa shape index (κ2) is 7.93. The van der Waals surface area contributed by atoms with Crippen LogP contribution in [0.1, 0.15) is 24.8 Å². The van der Waals surface area contributed by atoms with Gasteiger partial charge in [0.15, 0.2) is 0 Å². The summed E-state index contributed by atoms with van der Waals surface area (Å²) >= 11 is 3.54. The van der Waals surface area contributed by atoms with E-state index in [-0.39, 0.29) is 0 Å². The smallest absolute Gasteiger partial charge is 0.0588 e. The molecule has 0 bridgehead atoms. The van der Waals surface area contributed by atoms with Crippen molar-refractivity contribution in [2.45, 2.75) is 31.9 Å². The van der Waals surface area contributed by atoms with Crippen LogP contribution in [0.4, 0.5) is 0 Å². The average molecular weight is 312 g/mol. The van der Waals surface area contributed by atoms with Crippen molar-refractivity contribution in [3.05, 3.63) is 35.9 Å². The number of halogens is 1. The fourth-order valence-corrected chi connectivity index (χ4v) is 2.93. The minimum absolute atomic E-state index is 0.499. The van der Waals surface area contributed by atoms with Gasteiger partial charge in [-0.25, -0.2) is 0 Å². The lowest BCUT2D eigenvalue weighted by molar-refractivity contribution is 0.0919. The molecule has 1 aliphatic heterocycles. The first-order valence-corrected chi connectivity index (χ1v) is 7.94. The molecular formula is C15H22BrNO. The fraction of sp³-hybridized carbons (Fsp3) is 0.600. The van der Waals surface area contributed by atoms with Gasteiger partial charge in [-0.3, -0.25) is 4.90 Å². The Balaban J connectivity index is 1.79. The largest absolute Gasteiger partial charge is 0.378 e. The Hall–Kier alpha value is -0.380. The summed E-state index contributed by atoms with van der Waals surface area (Å²) in [6.07, 6.45) is 4.15. The molecule has 1 atom stereocenters. The SMILES string of the molecule is BrCCN(CCC1CCCO1)Cc1ccccc1. The molecule has 18 heavy (non-hydrogen) atoms. The molecule has 1 fully saturated rings. The molecular weight excluding hydrogens is 290 g/mol. The van der Waals surface area contributed by atoms with Crippen molar-refractivity contribution in [1.29, 1.82) is 0 Å². The monoisotopic (exact) mass is 311 g/mol. The highest BCUT2D eigenvalue weighted by Gasteiger charge is 2.16. The molecule has 0 saturated carbocycles. The third-order valence-corrected chi connectivity index (χ3v) is 3.80. The standard InChI is InChI=1S/C15H22BrNO/c16-9-11-17(10-8-15-7-4-12-18-15)13-14-5-2-1-3-6-14/h1-3,5-6,15H,4,7-13H2. The molecule has 1 heterocycles. The molecule has 1 aliphatic rings. The highest BCUT2D eigenvalue weighted by molar-refractivity contribution is 9.09. The van der Waals surface area contributed by atoms with Crippen molar-refractivity contribution in [1.82, 2.24) is 4.90 Å². The lowest BCUT2D eigenvalue weighted by Crippen LogP contribution is -2.28. The van der Waals surface area contributed by atoms with Crippen LogP contribution in [0.3, 0.4) is 0 Å². The van der Waals surface area contributed by atoms with E-state index in [4.69, 9.17) is 4.74 Å². The third kappa shape index (κ3) is 4.71. The van der Waals surface area contributed by atoms with Gasteiger partial charge in [-0.05, 0) is 24.8 Å². The predicted octanol–water partition coefficient (Wildman–Crippen LogP) is 3.45. The van der Waals surface area contributed by atoms with Crippen LogP contribution < -0.4 is 0 Å². The van der Waals surface area contributed by atoms with E-state index in [2.05, 4.69) is 51.2 Å². The van der Waals surface area contributed by atoms with Gasteiger partial charge in [-0.15, -0.1) is 0 Å². The summed E-state index contributed by atoms with van der Waals surface area (Å²) in [6.45, 7) is 4.23. The number of hydrogen-bond acceptors (Lipinski definition) is 2. The Morgan fingerprint density at radius 1 is 1.22 bits per heavy atom. The second-order valence-electron chi connectivity index (χ2n) is 4.87. The van der Waals surface area contributed by atoms with E-state index in [9.17, 15) is 0 Å². The van der Waals surface area contributed by atoms with Crippen LogP contribution in [0.25, 0.3) is 0 Å². The Kier molecular flexibility index (Phi) is 6.18. The van der Waals surface area contributed by atoms with Gasteiger partial charge in [0.05, 0.1) is 6.10 Å². The Labute approximate surface area is 118 Å². The van der Waals surface area contributed by atoms with E-state index < -0.39 is 0 Å². The zero-order valence-electron chi connectivity index (χ0n) is 10.9. The number of nitrogens with zero attached hydrogens (tertiary/aromatic N) is 1. The quantitative estimate of drug-likeness (QED) is 0.715. The van der Waals surface area contributed by atoms with Crippen LogP contribution in [-0.4, -0.2) is 36.0 Å². The average Bonchev–Trinajstić information content (AvgIpc) is 2.91. The summed E-state index contributed by atoms with van der Waals surface area (Å²) in [6, 6.07) is 10.7. The number of rotatable bonds is 7. The number of alkyl halides is 1. The molecule has 0 aromatic heterocycles. The Morgan fingerprint density at radius 2 is 2.06 bits per heavy atom. The molecule has 2 nitrogen and oxygen atoms in total. The maximum absolute atomic E-state index is 5.69. The van der Waals surface area contributed by atoms with Crippen molar-refractivity contribution in [3.8, 4) is 0 Å². The first kappa shape index (κ1) is 14.0. The minimum Gasteiger partial charge on any atom is -0.378 e. The van der Waals surface area contributed by atoms with Gasteiger partial charge in [0.2, 0.25) is 0 Å². The van der Waals surface area contributed by atoms with Gasteiger partial charge < -0.3 is 4.74 Å². The van der Waals surface area contributed by atoms with Crippen LogP contribution in [0.5, 0.6) is 0 Å². The van der Waals surface area contributed by atoms with Crippen molar-refractivity contribution >= 4 is 15.9 Å². The van der Waals surface area contributed by atoms with Crippen LogP contribution >= 0.6 is 15.9 Å². The van der Waals surface area contributed by atoms with Gasteiger partial charge in [-0.1, -0.05) is 46.3 Å². The van der Waals surface area contributed by atoms with E-state index in [1.807, 2.05) is 0 Å². The summed E-state index contributed by atoms with van der Waals surface area (Å²) in [5, 5.41) is 1.03. The maximum Gasteiger partial charge on any atom is 0.0588 e. The third-order valence-electron chi connectivity index (χ3n) is 3.44. The molecule has 0 amide bonds. The van der Waals surface area contributed by atoms with Gasteiger partial charge in [-0.2, -0.15) is 0 Å². The molecule has 1 saturated heterocycles. The van der Waals surface area contributed by atoms with Gasteiger partial charge in [0.25, 0.3) is 0 Å². The lowest BCUT2D eigenvalue weighted by Gasteiger charge is -2.23. The van der Waals surface area contributed by atoms with Crippen LogP contribution in [0, 0.1) is 0 Å².